The zero-order chi connectivity index (χ0) is 29.0. The van der Waals surface area contributed by atoms with Gasteiger partial charge in [0, 0.05) is 24.7 Å². The highest BCUT2D eigenvalue weighted by Crippen LogP contribution is 2.41. The summed E-state index contributed by atoms with van der Waals surface area (Å²) in [6.45, 7) is 0.738. The number of pyridine rings is 1. The highest BCUT2D eigenvalue weighted by atomic mass is 32.2. The van der Waals surface area contributed by atoms with Crippen LogP contribution in [0, 0.1) is 11.3 Å². The van der Waals surface area contributed by atoms with Crippen LogP contribution in [0.5, 0.6) is 23.0 Å². The Bertz CT molecular complexity index is 1470. The number of carbonyl (C=O) groups excluding carboxylic acids is 1. The second kappa shape index (κ2) is 12.0. The smallest absolute Gasteiger partial charge is 0.417 e. The molecular weight excluding hydrogens is 547 g/mol. The van der Waals surface area contributed by atoms with E-state index in [0.717, 1.165) is 29.0 Å². The van der Waals surface area contributed by atoms with E-state index in [4.69, 9.17) is 18.9 Å². The number of fused-ring (bicyclic) bond motifs is 1. The minimum atomic E-state index is -4.82. The molecule has 8 nitrogen and oxygen atoms in total. The van der Waals surface area contributed by atoms with Gasteiger partial charge in [0.05, 0.1) is 51.0 Å². The Labute approximate surface area is 233 Å². The quantitative estimate of drug-likeness (QED) is 0.333. The first-order chi connectivity index (χ1) is 19.1. The van der Waals surface area contributed by atoms with E-state index in [0.29, 0.717) is 36.8 Å². The number of amides is 1. The number of ether oxygens (including phenoxy) is 4. The summed E-state index contributed by atoms with van der Waals surface area (Å²) < 4.78 is 63.3. The molecule has 2 aromatic carbocycles. The molecule has 40 heavy (non-hydrogen) atoms. The van der Waals surface area contributed by atoms with E-state index in [9.17, 15) is 23.2 Å². The maximum absolute atomic E-state index is 14.0. The van der Waals surface area contributed by atoms with Crippen LogP contribution in [0.4, 0.5) is 13.2 Å². The predicted octanol–water partition coefficient (Wildman–Crippen LogP) is 5.35. The van der Waals surface area contributed by atoms with Crippen molar-refractivity contribution >= 4 is 17.7 Å². The lowest BCUT2D eigenvalue weighted by molar-refractivity contribution is -0.138. The minimum Gasteiger partial charge on any atom is -0.497 e. The molecule has 0 atom stereocenters. The van der Waals surface area contributed by atoms with E-state index in [1.54, 1.807) is 24.1 Å². The first-order valence-electron chi connectivity index (χ1n) is 12.0. The molecular formula is C28H26F3N3O5S. The average molecular weight is 574 g/mol. The van der Waals surface area contributed by atoms with Gasteiger partial charge >= 0.3 is 6.18 Å². The van der Waals surface area contributed by atoms with Crippen molar-refractivity contribution in [3.05, 3.63) is 58.7 Å². The number of nitriles is 1. The third kappa shape index (κ3) is 5.89. The van der Waals surface area contributed by atoms with Crippen molar-refractivity contribution in [3.63, 3.8) is 0 Å². The number of halogens is 3. The maximum atomic E-state index is 14.0. The lowest BCUT2D eigenvalue weighted by Crippen LogP contribution is -2.37. The summed E-state index contributed by atoms with van der Waals surface area (Å²) in [5, 5.41) is 9.45. The van der Waals surface area contributed by atoms with Gasteiger partial charge in [-0.3, -0.25) is 4.79 Å². The van der Waals surface area contributed by atoms with Gasteiger partial charge < -0.3 is 23.8 Å². The number of rotatable bonds is 8. The molecule has 12 heteroatoms. The number of methoxy groups -OCH3 is 4. The molecule has 0 aliphatic carbocycles. The summed E-state index contributed by atoms with van der Waals surface area (Å²) in [6, 6.07) is 10.8. The summed E-state index contributed by atoms with van der Waals surface area (Å²) in [6.07, 6.45) is -4.24. The molecule has 0 bridgehead atoms. The van der Waals surface area contributed by atoms with E-state index in [1.807, 2.05) is 12.1 Å². The molecule has 0 radical (unpaired) electrons. The van der Waals surface area contributed by atoms with Gasteiger partial charge in [-0.2, -0.15) is 18.4 Å². The molecule has 0 N–H and O–H groups in total. The Morgan fingerprint density at radius 3 is 2.27 bits per heavy atom. The Balaban J connectivity index is 1.63. The molecule has 2 heterocycles. The first-order valence-corrected chi connectivity index (χ1v) is 13.0. The Hall–Kier alpha value is -4.11. The van der Waals surface area contributed by atoms with Gasteiger partial charge in [0.1, 0.15) is 22.6 Å². The molecule has 0 saturated carbocycles. The van der Waals surface area contributed by atoms with Gasteiger partial charge in [0.25, 0.3) is 0 Å². The van der Waals surface area contributed by atoms with Crippen molar-refractivity contribution in [1.29, 1.82) is 5.26 Å². The first kappa shape index (κ1) is 28.9. The average Bonchev–Trinajstić information content (AvgIpc) is 2.97. The number of aromatic nitrogens is 1. The summed E-state index contributed by atoms with van der Waals surface area (Å²) in [7, 11) is 5.91. The second-order valence-corrected chi connectivity index (χ2v) is 9.70. The second-order valence-electron chi connectivity index (χ2n) is 8.74. The molecule has 1 amide bonds. The lowest BCUT2D eigenvalue weighted by Gasteiger charge is -2.29. The largest absolute Gasteiger partial charge is 0.497 e. The van der Waals surface area contributed by atoms with Crippen LogP contribution in [-0.2, 0) is 23.9 Å². The van der Waals surface area contributed by atoms with E-state index >= 15 is 0 Å². The fourth-order valence-corrected chi connectivity index (χ4v) is 5.33. The molecule has 0 saturated heterocycles. The lowest BCUT2D eigenvalue weighted by atomic mass is 9.99. The molecule has 0 spiro atoms. The van der Waals surface area contributed by atoms with Gasteiger partial charge in [0.15, 0.2) is 11.5 Å². The summed E-state index contributed by atoms with van der Waals surface area (Å²) >= 11 is 0.794. The fourth-order valence-electron chi connectivity index (χ4n) is 4.42. The van der Waals surface area contributed by atoms with Gasteiger partial charge in [-0.05, 0) is 47.9 Å². The Morgan fingerprint density at radius 1 is 1.00 bits per heavy atom. The van der Waals surface area contributed by atoms with Crippen molar-refractivity contribution in [2.45, 2.75) is 24.2 Å². The number of nitrogens with zero attached hydrogens (tertiary/aromatic N) is 3. The van der Waals surface area contributed by atoms with Crippen LogP contribution in [0.3, 0.4) is 0 Å². The molecule has 1 aromatic heterocycles. The van der Waals surface area contributed by atoms with Crippen molar-refractivity contribution in [3.8, 4) is 40.3 Å². The van der Waals surface area contributed by atoms with Crippen LogP contribution >= 0.6 is 11.8 Å². The number of benzene rings is 2. The number of hydrogen-bond donors (Lipinski definition) is 0. The van der Waals surface area contributed by atoms with Crippen LogP contribution < -0.4 is 18.9 Å². The molecule has 1 aliphatic heterocycles. The Kier molecular flexibility index (Phi) is 8.64. The van der Waals surface area contributed by atoms with E-state index in [2.05, 4.69) is 4.98 Å². The van der Waals surface area contributed by atoms with Crippen molar-refractivity contribution < 1.29 is 36.9 Å². The van der Waals surface area contributed by atoms with Crippen molar-refractivity contribution in [1.82, 2.24) is 9.88 Å². The van der Waals surface area contributed by atoms with Crippen molar-refractivity contribution in [2.24, 2.45) is 0 Å². The zero-order valence-corrected chi connectivity index (χ0v) is 23.0. The third-order valence-corrected chi connectivity index (χ3v) is 7.45. The summed E-state index contributed by atoms with van der Waals surface area (Å²) in [5.41, 5.74) is 0.380. The standard InChI is InChI=1S/C28H26F3N3O5S/c1-36-18-5-6-19(23(11-18)37-2)22-12-21(28(29,30)31)20(13-32)27(33-22)40-15-26(35)34-8-7-16-9-24(38-3)25(39-4)10-17(16)14-34/h5-6,9-12H,7-8,14-15H2,1-4H3. The van der Waals surface area contributed by atoms with Crippen LogP contribution in [-0.4, -0.2) is 56.5 Å². The highest BCUT2D eigenvalue weighted by molar-refractivity contribution is 8.00. The van der Waals surface area contributed by atoms with Crippen LogP contribution in [0.25, 0.3) is 11.3 Å². The highest BCUT2D eigenvalue weighted by Gasteiger charge is 2.36. The number of alkyl halides is 3. The molecule has 0 fully saturated rings. The topological polar surface area (TPSA) is 93.9 Å². The Morgan fingerprint density at radius 2 is 1.68 bits per heavy atom. The number of thioether (sulfide) groups is 1. The van der Waals surface area contributed by atoms with Crippen molar-refractivity contribution in [2.75, 3.05) is 40.7 Å². The summed E-state index contributed by atoms with van der Waals surface area (Å²) in [4.78, 5) is 19.1. The van der Waals surface area contributed by atoms with E-state index in [-0.39, 0.29) is 33.7 Å². The molecule has 210 valence electrons. The van der Waals surface area contributed by atoms with Crippen LogP contribution in [0.2, 0.25) is 0 Å². The zero-order valence-electron chi connectivity index (χ0n) is 22.2. The molecule has 4 rings (SSSR count). The number of hydrogen-bond acceptors (Lipinski definition) is 8. The normalized spacial score (nSPS) is 12.8. The molecule has 0 unspecified atom stereocenters. The molecule has 1 aliphatic rings. The van der Waals surface area contributed by atoms with Gasteiger partial charge in [0.2, 0.25) is 5.91 Å². The van der Waals surface area contributed by atoms with Crippen LogP contribution in [0.1, 0.15) is 22.3 Å². The van der Waals surface area contributed by atoms with E-state index < -0.39 is 17.3 Å². The maximum Gasteiger partial charge on any atom is 0.417 e. The fraction of sp³-hybridized carbons (Fsp3) is 0.321. The predicted molar refractivity (Wildman–Crippen MR) is 142 cm³/mol. The summed E-state index contributed by atoms with van der Waals surface area (Å²) in [5.74, 6) is 1.33. The third-order valence-electron chi connectivity index (χ3n) is 6.49. The van der Waals surface area contributed by atoms with Gasteiger partial charge in [-0.1, -0.05) is 11.8 Å². The number of carbonyl (C=O) groups is 1. The van der Waals surface area contributed by atoms with E-state index in [1.165, 1.54) is 33.5 Å². The molecule has 3 aromatic rings. The SMILES string of the molecule is COc1ccc(-c2cc(C(F)(F)F)c(C#N)c(SCC(=O)N3CCc4cc(OC)c(OC)cc4C3)n2)c(OC)c1. The van der Waals surface area contributed by atoms with Gasteiger partial charge in [-0.15, -0.1) is 0 Å². The van der Waals surface area contributed by atoms with Crippen LogP contribution in [0.15, 0.2) is 41.4 Å². The minimum absolute atomic E-state index is 0.0475. The van der Waals surface area contributed by atoms with Gasteiger partial charge in [-0.25, -0.2) is 4.98 Å². The monoisotopic (exact) mass is 573 g/mol.